The van der Waals surface area contributed by atoms with Crippen LogP contribution in [0, 0.1) is 0 Å². The first-order valence-electron chi connectivity index (χ1n) is 6.26. The third kappa shape index (κ3) is 2.81. The molecule has 1 aliphatic rings. The number of anilines is 2. The van der Waals surface area contributed by atoms with Gasteiger partial charge in [0.15, 0.2) is 5.82 Å². The lowest BCUT2D eigenvalue weighted by Crippen LogP contribution is -2.31. The summed E-state index contributed by atoms with van der Waals surface area (Å²) < 4.78 is 10.5. The first-order valence-corrected chi connectivity index (χ1v) is 6.26. The standard InChI is InChI=1S/C12H20N4O2/c1-3-18-12-10(13)11(14-8-15-12)16(6-7-17-2)9-4-5-9/h8-9H,3-7,13H2,1-2H3. The minimum absolute atomic E-state index is 0.463. The van der Waals surface area contributed by atoms with E-state index in [1.54, 1.807) is 7.11 Å². The molecule has 0 amide bonds. The topological polar surface area (TPSA) is 73.5 Å². The van der Waals surface area contributed by atoms with Crippen molar-refractivity contribution in [3.63, 3.8) is 0 Å². The Bertz CT molecular complexity index is 396. The first kappa shape index (κ1) is 12.9. The Hall–Kier alpha value is -1.56. The van der Waals surface area contributed by atoms with Gasteiger partial charge in [-0.25, -0.2) is 4.98 Å². The zero-order valence-corrected chi connectivity index (χ0v) is 10.9. The number of ether oxygens (including phenoxy) is 2. The summed E-state index contributed by atoms with van der Waals surface area (Å²) in [5.74, 6) is 1.22. The molecule has 0 saturated heterocycles. The molecule has 0 aliphatic heterocycles. The fraction of sp³-hybridized carbons (Fsp3) is 0.667. The predicted octanol–water partition coefficient (Wildman–Crippen LogP) is 1.07. The molecule has 6 nitrogen and oxygen atoms in total. The van der Waals surface area contributed by atoms with Crippen LogP contribution >= 0.6 is 0 Å². The molecular formula is C12H20N4O2. The van der Waals surface area contributed by atoms with Crippen molar-refractivity contribution >= 4 is 11.5 Å². The van der Waals surface area contributed by atoms with Crippen LogP contribution in [0.4, 0.5) is 11.5 Å². The number of nitrogens with zero attached hydrogens (tertiary/aromatic N) is 3. The van der Waals surface area contributed by atoms with Crippen LogP contribution in [0.2, 0.25) is 0 Å². The molecule has 0 radical (unpaired) electrons. The highest BCUT2D eigenvalue weighted by molar-refractivity contribution is 5.68. The Morgan fingerprint density at radius 1 is 1.44 bits per heavy atom. The van der Waals surface area contributed by atoms with Crippen LogP contribution in [0.3, 0.4) is 0 Å². The lowest BCUT2D eigenvalue weighted by Gasteiger charge is -2.24. The largest absolute Gasteiger partial charge is 0.476 e. The van der Waals surface area contributed by atoms with Crippen LogP contribution < -0.4 is 15.4 Å². The summed E-state index contributed by atoms with van der Waals surface area (Å²) in [5, 5.41) is 0. The van der Waals surface area contributed by atoms with Gasteiger partial charge in [0.2, 0.25) is 5.88 Å². The van der Waals surface area contributed by atoms with E-state index in [1.807, 2.05) is 6.92 Å². The molecule has 2 rings (SSSR count). The molecule has 0 spiro atoms. The van der Waals surface area contributed by atoms with Gasteiger partial charge in [0, 0.05) is 19.7 Å². The number of nitrogen functional groups attached to an aromatic ring is 1. The van der Waals surface area contributed by atoms with E-state index in [0.29, 0.717) is 30.8 Å². The van der Waals surface area contributed by atoms with Crippen molar-refractivity contribution in [3.8, 4) is 5.88 Å². The van der Waals surface area contributed by atoms with Crippen LogP contribution in [0.15, 0.2) is 6.33 Å². The molecule has 0 unspecified atom stereocenters. The highest BCUT2D eigenvalue weighted by Crippen LogP contribution is 2.35. The number of nitrogens with two attached hydrogens (primary N) is 1. The number of methoxy groups -OCH3 is 1. The molecule has 1 fully saturated rings. The van der Waals surface area contributed by atoms with Gasteiger partial charge in [-0.3, -0.25) is 0 Å². The zero-order valence-electron chi connectivity index (χ0n) is 10.9. The summed E-state index contributed by atoms with van der Waals surface area (Å²) in [4.78, 5) is 10.5. The minimum Gasteiger partial charge on any atom is -0.476 e. The number of hydrogen-bond donors (Lipinski definition) is 1. The van der Waals surface area contributed by atoms with Gasteiger partial charge in [-0.15, -0.1) is 0 Å². The van der Waals surface area contributed by atoms with Crippen molar-refractivity contribution < 1.29 is 9.47 Å². The monoisotopic (exact) mass is 252 g/mol. The van der Waals surface area contributed by atoms with Crippen molar-refractivity contribution in [2.24, 2.45) is 0 Å². The molecule has 100 valence electrons. The van der Waals surface area contributed by atoms with Crippen molar-refractivity contribution in [2.45, 2.75) is 25.8 Å². The fourth-order valence-electron chi connectivity index (χ4n) is 1.89. The zero-order chi connectivity index (χ0) is 13.0. The molecule has 0 atom stereocenters. The molecule has 1 saturated carbocycles. The lowest BCUT2D eigenvalue weighted by molar-refractivity contribution is 0.204. The van der Waals surface area contributed by atoms with Gasteiger partial charge < -0.3 is 20.1 Å². The molecule has 2 N–H and O–H groups in total. The van der Waals surface area contributed by atoms with Crippen LogP contribution in [0.1, 0.15) is 19.8 Å². The summed E-state index contributed by atoms with van der Waals surface area (Å²) in [6.07, 6.45) is 3.85. The summed E-state index contributed by atoms with van der Waals surface area (Å²) in [7, 11) is 1.69. The predicted molar refractivity (Wildman–Crippen MR) is 69.9 cm³/mol. The molecule has 1 aromatic rings. The maximum atomic E-state index is 6.08. The molecule has 1 heterocycles. The summed E-state index contributed by atoms with van der Waals surface area (Å²) >= 11 is 0. The van der Waals surface area contributed by atoms with Gasteiger partial charge in [0.25, 0.3) is 0 Å². The van der Waals surface area contributed by atoms with E-state index in [0.717, 1.165) is 12.4 Å². The Labute approximate surface area is 107 Å². The van der Waals surface area contributed by atoms with E-state index >= 15 is 0 Å². The van der Waals surface area contributed by atoms with Gasteiger partial charge >= 0.3 is 0 Å². The van der Waals surface area contributed by atoms with E-state index in [4.69, 9.17) is 15.2 Å². The van der Waals surface area contributed by atoms with Gasteiger partial charge in [0.1, 0.15) is 12.0 Å². The van der Waals surface area contributed by atoms with Crippen LogP contribution in [-0.2, 0) is 4.74 Å². The first-order chi connectivity index (χ1) is 8.77. The van der Waals surface area contributed by atoms with Crippen LogP contribution in [-0.4, -0.2) is 42.9 Å². The lowest BCUT2D eigenvalue weighted by atomic mass is 10.3. The summed E-state index contributed by atoms with van der Waals surface area (Å²) in [5.41, 5.74) is 6.59. The maximum Gasteiger partial charge on any atom is 0.242 e. The molecule has 1 aromatic heterocycles. The highest BCUT2D eigenvalue weighted by Gasteiger charge is 2.31. The smallest absolute Gasteiger partial charge is 0.242 e. The third-order valence-electron chi connectivity index (χ3n) is 2.90. The minimum atomic E-state index is 0.463. The number of aromatic nitrogens is 2. The maximum absolute atomic E-state index is 6.08. The number of rotatable bonds is 7. The molecule has 0 aromatic carbocycles. The number of hydrogen-bond acceptors (Lipinski definition) is 6. The van der Waals surface area contributed by atoms with Crippen molar-refractivity contribution in [1.29, 1.82) is 0 Å². The Kier molecular flexibility index (Phi) is 4.19. The normalized spacial score (nSPS) is 14.6. The molecule has 6 heteroatoms. The van der Waals surface area contributed by atoms with Crippen molar-refractivity contribution in [3.05, 3.63) is 6.33 Å². The second-order valence-electron chi connectivity index (χ2n) is 4.27. The van der Waals surface area contributed by atoms with Gasteiger partial charge in [-0.1, -0.05) is 0 Å². The molecule has 0 bridgehead atoms. The van der Waals surface area contributed by atoms with Crippen LogP contribution in [0.5, 0.6) is 5.88 Å². The Morgan fingerprint density at radius 3 is 2.83 bits per heavy atom. The van der Waals surface area contributed by atoms with Gasteiger partial charge in [0.05, 0.1) is 13.2 Å². The van der Waals surface area contributed by atoms with E-state index in [-0.39, 0.29) is 0 Å². The highest BCUT2D eigenvalue weighted by atomic mass is 16.5. The second kappa shape index (κ2) is 5.86. The summed E-state index contributed by atoms with van der Waals surface area (Å²) in [6.45, 7) is 3.89. The summed E-state index contributed by atoms with van der Waals surface area (Å²) in [6, 6.07) is 0.520. The average Bonchev–Trinajstić information content (AvgIpc) is 3.19. The van der Waals surface area contributed by atoms with Gasteiger partial charge in [-0.2, -0.15) is 4.98 Å². The van der Waals surface area contributed by atoms with E-state index in [1.165, 1.54) is 19.2 Å². The third-order valence-corrected chi connectivity index (χ3v) is 2.90. The molecular weight excluding hydrogens is 232 g/mol. The van der Waals surface area contributed by atoms with Crippen molar-refractivity contribution in [1.82, 2.24) is 9.97 Å². The Morgan fingerprint density at radius 2 is 2.22 bits per heavy atom. The molecule has 1 aliphatic carbocycles. The van der Waals surface area contributed by atoms with E-state index < -0.39 is 0 Å². The van der Waals surface area contributed by atoms with E-state index in [9.17, 15) is 0 Å². The van der Waals surface area contributed by atoms with Crippen molar-refractivity contribution in [2.75, 3.05) is 37.5 Å². The Balaban J connectivity index is 2.20. The van der Waals surface area contributed by atoms with Crippen LogP contribution in [0.25, 0.3) is 0 Å². The van der Waals surface area contributed by atoms with E-state index in [2.05, 4.69) is 14.9 Å². The molecule has 18 heavy (non-hydrogen) atoms. The van der Waals surface area contributed by atoms with Gasteiger partial charge in [-0.05, 0) is 19.8 Å². The quantitative estimate of drug-likeness (QED) is 0.782. The SMILES string of the molecule is CCOc1ncnc(N(CCOC)C2CC2)c1N. The fourth-order valence-corrected chi connectivity index (χ4v) is 1.89. The second-order valence-corrected chi connectivity index (χ2v) is 4.27. The average molecular weight is 252 g/mol.